The number of anilines is 1. The van der Waals surface area contributed by atoms with Gasteiger partial charge in [0.15, 0.2) is 5.13 Å². The maximum absolute atomic E-state index is 12.1. The third-order valence-corrected chi connectivity index (χ3v) is 5.94. The van der Waals surface area contributed by atoms with Crippen molar-refractivity contribution in [1.29, 1.82) is 0 Å². The van der Waals surface area contributed by atoms with Crippen LogP contribution in [0.25, 0.3) is 0 Å². The Morgan fingerprint density at radius 2 is 1.91 bits per heavy atom. The number of rotatable bonds is 6. The minimum Gasteiger partial charge on any atom is -0.302 e. The number of thiazole rings is 1. The molecule has 1 aromatic heterocycles. The van der Waals surface area contributed by atoms with Gasteiger partial charge in [-0.05, 0) is 38.3 Å². The van der Waals surface area contributed by atoms with Gasteiger partial charge in [0, 0.05) is 18.3 Å². The van der Waals surface area contributed by atoms with Crippen LogP contribution in [-0.4, -0.2) is 28.9 Å². The molecule has 3 rings (SSSR count). The van der Waals surface area contributed by atoms with Gasteiger partial charge in [0.1, 0.15) is 0 Å². The molecule has 1 amide bonds. The third-order valence-electron chi connectivity index (χ3n) is 5.14. The molecule has 0 radical (unpaired) electrons. The van der Waals surface area contributed by atoms with Crippen molar-refractivity contribution in [3.05, 3.63) is 11.1 Å². The molecule has 0 aromatic carbocycles. The van der Waals surface area contributed by atoms with Gasteiger partial charge in [0.25, 0.3) is 0 Å². The first kappa shape index (κ1) is 16.9. The molecule has 1 aromatic rings. The van der Waals surface area contributed by atoms with Crippen molar-refractivity contribution in [3.8, 4) is 0 Å². The minimum absolute atomic E-state index is 0.134. The molecule has 2 aliphatic rings. The summed E-state index contributed by atoms with van der Waals surface area (Å²) in [6.45, 7) is 3.29. The Hall–Kier alpha value is -0.940. The van der Waals surface area contributed by atoms with Crippen LogP contribution in [0, 0.1) is 5.92 Å². The van der Waals surface area contributed by atoms with Crippen molar-refractivity contribution >= 4 is 22.4 Å². The number of likely N-dealkylation sites (tertiary alicyclic amines) is 1. The van der Waals surface area contributed by atoms with Crippen LogP contribution in [-0.2, 0) is 11.3 Å². The van der Waals surface area contributed by atoms with E-state index in [2.05, 4.69) is 20.6 Å². The summed E-state index contributed by atoms with van der Waals surface area (Å²) >= 11 is 1.56. The van der Waals surface area contributed by atoms with E-state index in [4.69, 9.17) is 0 Å². The van der Waals surface area contributed by atoms with Crippen LogP contribution >= 0.6 is 11.3 Å². The molecule has 0 spiro atoms. The highest BCUT2D eigenvalue weighted by atomic mass is 32.1. The van der Waals surface area contributed by atoms with E-state index in [9.17, 15) is 4.79 Å². The van der Waals surface area contributed by atoms with Crippen LogP contribution in [0.15, 0.2) is 5.38 Å². The van der Waals surface area contributed by atoms with Crippen LogP contribution in [0.2, 0.25) is 0 Å². The second-order valence-corrected chi connectivity index (χ2v) is 7.93. The van der Waals surface area contributed by atoms with E-state index in [-0.39, 0.29) is 5.91 Å². The van der Waals surface area contributed by atoms with Crippen LogP contribution in [0.1, 0.15) is 69.9 Å². The average molecular weight is 336 g/mol. The fourth-order valence-corrected chi connectivity index (χ4v) is 4.49. The first-order chi connectivity index (χ1) is 11.3. The van der Waals surface area contributed by atoms with E-state index in [1.165, 1.54) is 64.5 Å². The molecule has 128 valence electrons. The fourth-order valence-electron chi connectivity index (χ4n) is 3.78. The second kappa shape index (κ2) is 8.78. The van der Waals surface area contributed by atoms with Crippen molar-refractivity contribution in [1.82, 2.24) is 9.88 Å². The molecule has 0 unspecified atom stereocenters. The lowest BCUT2D eigenvalue weighted by molar-refractivity contribution is -0.116. The van der Waals surface area contributed by atoms with Crippen LogP contribution in [0.3, 0.4) is 0 Å². The highest BCUT2D eigenvalue weighted by Gasteiger charge is 2.16. The van der Waals surface area contributed by atoms with Gasteiger partial charge in [-0.15, -0.1) is 11.3 Å². The lowest BCUT2D eigenvalue weighted by Gasteiger charge is -2.25. The molecule has 5 heteroatoms. The molecular weight excluding hydrogens is 306 g/mol. The molecular formula is C18H29N3OS. The Bertz CT molecular complexity index is 490. The van der Waals surface area contributed by atoms with Crippen LogP contribution < -0.4 is 5.32 Å². The number of nitrogens with one attached hydrogen (secondary N) is 1. The van der Waals surface area contributed by atoms with E-state index < -0.39 is 0 Å². The minimum atomic E-state index is 0.134. The third kappa shape index (κ3) is 5.57. The predicted octanol–water partition coefficient (Wildman–Crippen LogP) is 4.43. The fraction of sp³-hybridized carbons (Fsp3) is 0.778. The zero-order valence-electron chi connectivity index (χ0n) is 14.1. The van der Waals surface area contributed by atoms with Gasteiger partial charge in [0.2, 0.25) is 5.91 Å². The summed E-state index contributed by atoms with van der Waals surface area (Å²) in [6.07, 6.45) is 12.3. The second-order valence-electron chi connectivity index (χ2n) is 7.07. The van der Waals surface area contributed by atoms with Crippen molar-refractivity contribution < 1.29 is 4.79 Å². The van der Waals surface area contributed by atoms with Crippen LogP contribution in [0.4, 0.5) is 5.13 Å². The molecule has 23 heavy (non-hydrogen) atoms. The Labute approximate surface area is 143 Å². The first-order valence-electron chi connectivity index (χ1n) is 9.26. The number of piperidine rings is 1. The average Bonchev–Trinajstić information content (AvgIpc) is 3.02. The van der Waals surface area contributed by atoms with Gasteiger partial charge >= 0.3 is 0 Å². The molecule has 0 atom stereocenters. The largest absolute Gasteiger partial charge is 0.302 e. The Morgan fingerprint density at radius 1 is 1.17 bits per heavy atom. The number of aromatic nitrogens is 1. The smallest absolute Gasteiger partial charge is 0.226 e. The monoisotopic (exact) mass is 335 g/mol. The maximum atomic E-state index is 12.1. The number of carbonyl (C=O) groups excluding carboxylic acids is 1. The zero-order valence-corrected chi connectivity index (χ0v) is 14.9. The summed E-state index contributed by atoms with van der Waals surface area (Å²) < 4.78 is 0. The molecule has 2 fully saturated rings. The summed E-state index contributed by atoms with van der Waals surface area (Å²) in [5.41, 5.74) is 1.10. The molecule has 4 nitrogen and oxygen atoms in total. The summed E-state index contributed by atoms with van der Waals surface area (Å²) in [5, 5.41) is 5.85. The number of carbonyl (C=O) groups is 1. The van der Waals surface area contributed by atoms with Crippen molar-refractivity contribution in [2.75, 3.05) is 18.4 Å². The van der Waals surface area contributed by atoms with E-state index in [0.717, 1.165) is 29.7 Å². The standard InChI is InChI=1S/C18H29N3OS/c22-17(10-9-15-7-3-1-4-8-15)20-18-19-16(14-23-18)13-21-11-5-2-6-12-21/h14-15H,1-13H2,(H,19,20,22). The van der Waals surface area contributed by atoms with Crippen LogP contribution in [0.5, 0.6) is 0 Å². The topological polar surface area (TPSA) is 45.2 Å². The Morgan fingerprint density at radius 3 is 2.70 bits per heavy atom. The summed E-state index contributed by atoms with van der Waals surface area (Å²) in [5.74, 6) is 0.898. The lowest BCUT2D eigenvalue weighted by atomic mass is 9.86. The predicted molar refractivity (Wildman–Crippen MR) is 95.7 cm³/mol. The van der Waals surface area contributed by atoms with E-state index in [1.54, 1.807) is 11.3 Å². The molecule has 2 heterocycles. The van der Waals surface area contributed by atoms with Gasteiger partial charge in [-0.2, -0.15) is 0 Å². The van der Waals surface area contributed by atoms with Gasteiger partial charge in [0.05, 0.1) is 5.69 Å². The molecule has 1 saturated carbocycles. The van der Waals surface area contributed by atoms with E-state index >= 15 is 0 Å². The number of amides is 1. The normalized spacial score (nSPS) is 20.5. The molecule has 1 N–H and O–H groups in total. The van der Waals surface area contributed by atoms with Crippen molar-refractivity contribution in [3.63, 3.8) is 0 Å². The summed E-state index contributed by atoms with van der Waals surface area (Å²) in [7, 11) is 0. The highest BCUT2D eigenvalue weighted by molar-refractivity contribution is 7.13. The highest BCUT2D eigenvalue weighted by Crippen LogP contribution is 2.27. The molecule has 1 aliphatic heterocycles. The molecule has 1 aliphatic carbocycles. The number of hydrogen-bond donors (Lipinski definition) is 1. The SMILES string of the molecule is O=C(CCC1CCCCC1)Nc1nc(CN2CCCCC2)cs1. The van der Waals surface area contributed by atoms with Crippen molar-refractivity contribution in [2.45, 2.75) is 70.8 Å². The van der Waals surface area contributed by atoms with Gasteiger partial charge in [-0.3, -0.25) is 9.69 Å². The molecule has 1 saturated heterocycles. The van der Waals surface area contributed by atoms with Crippen molar-refractivity contribution in [2.24, 2.45) is 5.92 Å². The van der Waals surface area contributed by atoms with Gasteiger partial charge in [-0.1, -0.05) is 38.5 Å². The van der Waals surface area contributed by atoms with E-state index in [0.29, 0.717) is 6.42 Å². The summed E-state index contributed by atoms with van der Waals surface area (Å²) in [6, 6.07) is 0. The molecule has 0 bridgehead atoms. The number of hydrogen-bond acceptors (Lipinski definition) is 4. The Kier molecular flexibility index (Phi) is 6.46. The van der Waals surface area contributed by atoms with Gasteiger partial charge in [-0.25, -0.2) is 4.98 Å². The first-order valence-corrected chi connectivity index (χ1v) is 10.1. The number of nitrogens with zero attached hydrogens (tertiary/aromatic N) is 2. The zero-order chi connectivity index (χ0) is 15.9. The quantitative estimate of drug-likeness (QED) is 0.836. The lowest BCUT2D eigenvalue weighted by Crippen LogP contribution is -2.29. The Balaban J connectivity index is 1.39. The summed E-state index contributed by atoms with van der Waals surface area (Å²) in [4.78, 5) is 19.1. The van der Waals surface area contributed by atoms with E-state index in [1.807, 2.05) is 0 Å². The maximum Gasteiger partial charge on any atom is 0.226 e. The van der Waals surface area contributed by atoms with Gasteiger partial charge < -0.3 is 5.32 Å².